The molecule has 0 aromatic heterocycles. The molecular weight excluding hydrogens is 406 g/mol. The molecule has 1 N–H and O–H groups in total. The minimum absolute atomic E-state index is 0.0104. The predicted molar refractivity (Wildman–Crippen MR) is 122 cm³/mol. The second kappa shape index (κ2) is 7.79. The van der Waals surface area contributed by atoms with Crippen LogP contribution in [-0.2, 0) is 10.2 Å². The number of aryl methyl sites for hydroxylation is 1. The van der Waals surface area contributed by atoms with Gasteiger partial charge in [-0.15, -0.1) is 0 Å². The second-order valence-corrected chi connectivity index (χ2v) is 8.18. The van der Waals surface area contributed by atoms with Crippen LogP contribution in [0.2, 0.25) is 0 Å². The van der Waals surface area contributed by atoms with E-state index in [1.165, 1.54) is 0 Å². The number of benzene rings is 3. The molecule has 0 atom stereocenters. The number of anilines is 1. The summed E-state index contributed by atoms with van der Waals surface area (Å²) in [4.78, 5) is 13.3. The molecule has 0 unspecified atom stereocenters. The summed E-state index contributed by atoms with van der Waals surface area (Å²) in [6.07, 6.45) is 1.61. The van der Waals surface area contributed by atoms with E-state index in [4.69, 9.17) is 18.9 Å². The molecule has 1 aliphatic heterocycles. The topological polar surface area (TPSA) is 66.0 Å². The molecule has 32 heavy (non-hydrogen) atoms. The first-order valence-corrected chi connectivity index (χ1v) is 10.6. The van der Waals surface area contributed by atoms with Crippen LogP contribution in [-0.4, -0.2) is 26.9 Å². The number of amides is 1. The van der Waals surface area contributed by atoms with Crippen LogP contribution in [0.3, 0.4) is 0 Å². The third-order valence-corrected chi connectivity index (χ3v) is 6.30. The molecule has 6 nitrogen and oxygen atoms in total. The molecule has 164 valence electrons. The van der Waals surface area contributed by atoms with E-state index in [9.17, 15) is 4.79 Å². The fraction of sp³-hybridized carbons (Fsp3) is 0.269. The first-order valence-electron chi connectivity index (χ1n) is 10.6. The standard InChI is InChI=1S/C26H25NO5/c1-16-7-9-18(14-20(16)19-5-4-6-22(29-2)24(19)30-3)27-25(28)26(11-12-26)17-8-10-21-23(13-17)32-15-31-21/h4-10,13-14H,11-12,15H2,1-3H3,(H,27,28). The van der Waals surface area contributed by atoms with Crippen molar-refractivity contribution in [1.29, 1.82) is 0 Å². The van der Waals surface area contributed by atoms with Gasteiger partial charge in [0.15, 0.2) is 23.0 Å². The number of para-hydroxylation sites is 1. The number of carbonyl (C=O) groups excluding carboxylic acids is 1. The van der Waals surface area contributed by atoms with Crippen molar-refractivity contribution in [3.05, 3.63) is 65.7 Å². The summed E-state index contributed by atoms with van der Waals surface area (Å²) >= 11 is 0. The van der Waals surface area contributed by atoms with Crippen LogP contribution < -0.4 is 24.3 Å². The molecule has 1 aliphatic carbocycles. The number of nitrogens with one attached hydrogen (secondary N) is 1. The Morgan fingerprint density at radius 3 is 2.50 bits per heavy atom. The first-order chi connectivity index (χ1) is 15.6. The molecule has 0 radical (unpaired) electrons. The molecule has 1 heterocycles. The summed E-state index contributed by atoms with van der Waals surface area (Å²) in [5, 5.41) is 3.13. The molecule has 1 saturated carbocycles. The van der Waals surface area contributed by atoms with Gasteiger partial charge in [-0.25, -0.2) is 0 Å². The number of methoxy groups -OCH3 is 2. The van der Waals surface area contributed by atoms with Crippen molar-refractivity contribution in [2.75, 3.05) is 26.3 Å². The number of carbonyl (C=O) groups is 1. The van der Waals surface area contributed by atoms with Crippen LogP contribution in [0.25, 0.3) is 11.1 Å². The van der Waals surface area contributed by atoms with E-state index in [1.807, 2.05) is 61.5 Å². The Balaban J connectivity index is 1.44. The fourth-order valence-electron chi connectivity index (χ4n) is 4.31. The lowest BCUT2D eigenvalue weighted by Crippen LogP contribution is -2.27. The summed E-state index contributed by atoms with van der Waals surface area (Å²) in [5.41, 5.74) is 4.14. The molecular formula is C26H25NO5. The van der Waals surface area contributed by atoms with Gasteiger partial charge in [0, 0.05) is 11.3 Å². The monoisotopic (exact) mass is 431 g/mol. The Morgan fingerprint density at radius 1 is 0.938 bits per heavy atom. The normalized spacial score (nSPS) is 15.2. The third kappa shape index (κ3) is 3.32. The highest BCUT2D eigenvalue weighted by atomic mass is 16.7. The zero-order valence-corrected chi connectivity index (χ0v) is 18.4. The largest absolute Gasteiger partial charge is 0.493 e. The smallest absolute Gasteiger partial charge is 0.235 e. The molecule has 0 bridgehead atoms. The maximum absolute atomic E-state index is 13.3. The number of ether oxygens (including phenoxy) is 4. The van der Waals surface area contributed by atoms with E-state index >= 15 is 0 Å². The van der Waals surface area contributed by atoms with E-state index < -0.39 is 5.41 Å². The van der Waals surface area contributed by atoms with Gasteiger partial charge in [0.05, 0.1) is 19.6 Å². The Morgan fingerprint density at radius 2 is 1.75 bits per heavy atom. The highest BCUT2D eigenvalue weighted by Gasteiger charge is 2.51. The van der Waals surface area contributed by atoms with Crippen LogP contribution in [0, 0.1) is 6.92 Å². The van der Waals surface area contributed by atoms with E-state index in [-0.39, 0.29) is 12.7 Å². The van der Waals surface area contributed by atoms with Crippen molar-refractivity contribution in [3.8, 4) is 34.1 Å². The summed E-state index contributed by atoms with van der Waals surface area (Å²) in [6, 6.07) is 17.5. The van der Waals surface area contributed by atoms with Gasteiger partial charge < -0.3 is 24.3 Å². The maximum atomic E-state index is 13.3. The minimum Gasteiger partial charge on any atom is -0.493 e. The third-order valence-electron chi connectivity index (χ3n) is 6.30. The Hall–Kier alpha value is -3.67. The summed E-state index contributed by atoms with van der Waals surface area (Å²) in [6.45, 7) is 2.26. The predicted octanol–water partition coefficient (Wildman–Crippen LogP) is 5.08. The lowest BCUT2D eigenvalue weighted by atomic mass is 9.94. The number of hydrogen-bond donors (Lipinski definition) is 1. The van der Waals surface area contributed by atoms with Crippen molar-refractivity contribution in [2.45, 2.75) is 25.2 Å². The van der Waals surface area contributed by atoms with Crippen LogP contribution in [0.4, 0.5) is 5.69 Å². The van der Waals surface area contributed by atoms with Gasteiger partial charge in [0.2, 0.25) is 12.7 Å². The summed E-state index contributed by atoms with van der Waals surface area (Å²) in [7, 11) is 3.25. The van der Waals surface area contributed by atoms with Crippen LogP contribution >= 0.6 is 0 Å². The molecule has 5 rings (SSSR count). The number of fused-ring (bicyclic) bond motifs is 1. The molecule has 0 spiro atoms. The average molecular weight is 431 g/mol. The van der Waals surface area contributed by atoms with Crippen molar-refractivity contribution in [3.63, 3.8) is 0 Å². The Labute approximate surface area is 187 Å². The Bertz CT molecular complexity index is 1200. The molecule has 3 aromatic carbocycles. The Kier molecular flexibility index (Phi) is 4.93. The van der Waals surface area contributed by atoms with E-state index in [0.717, 1.165) is 46.5 Å². The van der Waals surface area contributed by atoms with E-state index in [2.05, 4.69) is 5.32 Å². The molecule has 1 amide bonds. The van der Waals surface area contributed by atoms with Gasteiger partial charge in [0.25, 0.3) is 0 Å². The summed E-state index contributed by atoms with van der Waals surface area (Å²) in [5.74, 6) is 2.74. The van der Waals surface area contributed by atoms with Crippen molar-refractivity contribution < 1.29 is 23.7 Å². The number of rotatable bonds is 6. The van der Waals surface area contributed by atoms with Gasteiger partial charge in [-0.1, -0.05) is 24.3 Å². The molecule has 1 fully saturated rings. The van der Waals surface area contributed by atoms with Crippen molar-refractivity contribution in [2.24, 2.45) is 0 Å². The zero-order chi connectivity index (χ0) is 22.3. The lowest BCUT2D eigenvalue weighted by Gasteiger charge is -2.18. The van der Waals surface area contributed by atoms with Gasteiger partial charge in [-0.05, 0) is 66.8 Å². The molecule has 6 heteroatoms. The highest BCUT2D eigenvalue weighted by molar-refractivity contribution is 6.02. The molecule has 0 saturated heterocycles. The second-order valence-electron chi connectivity index (χ2n) is 8.18. The molecule has 2 aliphatic rings. The van der Waals surface area contributed by atoms with Gasteiger partial charge in [-0.3, -0.25) is 4.79 Å². The minimum atomic E-state index is -0.528. The average Bonchev–Trinajstić information content (AvgIpc) is 3.50. The van der Waals surface area contributed by atoms with Gasteiger partial charge >= 0.3 is 0 Å². The zero-order valence-electron chi connectivity index (χ0n) is 18.4. The maximum Gasteiger partial charge on any atom is 0.235 e. The molecule has 3 aromatic rings. The van der Waals surface area contributed by atoms with Crippen LogP contribution in [0.1, 0.15) is 24.0 Å². The summed E-state index contributed by atoms with van der Waals surface area (Å²) < 4.78 is 22.0. The number of hydrogen-bond acceptors (Lipinski definition) is 5. The van der Waals surface area contributed by atoms with Crippen LogP contribution in [0.15, 0.2) is 54.6 Å². The van der Waals surface area contributed by atoms with E-state index in [0.29, 0.717) is 17.2 Å². The highest BCUT2D eigenvalue weighted by Crippen LogP contribution is 2.51. The van der Waals surface area contributed by atoms with Crippen molar-refractivity contribution >= 4 is 11.6 Å². The van der Waals surface area contributed by atoms with Gasteiger partial charge in [0.1, 0.15) is 0 Å². The van der Waals surface area contributed by atoms with E-state index in [1.54, 1.807) is 14.2 Å². The van der Waals surface area contributed by atoms with Crippen LogP contribution in [0.5, 0.6) is 23.0 Å². The lowest BCUT2D eigenvalue weighted by molar-refractivity contribution is -0.118. The SMILES string of the molecule is COc1cccc(-c2cc(NC(=O)C3(c4ccc5c(c4)OCO5)CC3)ccc2C)c1OC. The quantitative estimate of drug-likeness (QED) is 0.590. The van der Waals surface area contributed by atoms with Crippen molar-refractivity contribution in [1.82, 2.24) is 0 Å². The fourth-order valence-corrected chi connectivity index (χ4v) is 4.31. The van der Waals surface area contributed by atoms with Gasteiger partial charge in [-0.2, -0.15) is 0 Å². The first kappa shape index (κ1) is 20.2.